The van der Waals surface area contributed by atoms with Crippen LogP contribution in [0.4, 0.5) is 0 Å². The predicted octanol–water partition coefficient (Wildman–Crippen LogP) is 2.74. The Bertz CT molecular complexity index is 533. The monoisotopic (exact) mass is 247 g/mol. The summed E-state index contributed by atoms with van der Waals surface area (Å²) in [5.41, 5.74) is 2.16. The van der Waals surface area contributed by atoms with Crippen LogP contribution < -0.4 is 10.1 Å². The Morgan fingerprint density at radius 1 is 1.39 bits per heavy atom. The van der Waals surface area contributed by atoms with Crippen LogP contribution in [0.3, 0.4) is 0 Å². The van der Waals surface area contributed by atoms with E-state index in [0.29, 0.717) is 0 Å². The summed E-state index contributed by atoms with van der Waals surface area (Å²) in [5, 5.41) is 3.41. The first-order valence-corrected chi connectivity index (χ1v) is 6.48. The van der Waals surface area contributed by atoms with Crippen molar-refractivity contribution in [2.24, 2.45) is 0 Å². The normalized spacial score (nSPS) is 12.9. The summed E-state index contributed by atoms with van der Waals surface area (Å²) in [6.07, 6.45) is 0. The number of imidazole rings is 1. The maximum absolute atomic E-state index is 5.25. The fourth-order valence-electron chi connectivity index (χ4n) is 2.32. The molecule has 0 fully saturated rings. The van der Waals surface area contributed by atoms with Crippen molar-refractivity contribution in [3.8, 4) is 5.75 Å². The molecule has 0 bridgehead atoms. The summed E-state index contributed by atoms with van der Waals surface area (Å²) in [5.74, 6) is 1.94. The molecule has 0 amide bonds. The number of nitrogens with one attached hydrogen (secondary N) is 1. The highest BCUT2D eigenvalue weighted by atomic mass is 16.5. The van der Waals surface area contributed by atoms with Gasteiger partial charge in [0.05, 0.1) is 24.2 Å². The van der Waals surface area contributed by atoms with Crippen molar-refractivity contribution in [1.29, 1.82) is 0 Å². The molecule has 0 aliphatic rings. The fourth-order valence-corrected chi connectivity index (χ4v) is 2.32. The maximum Gasteiger partial charge on any atom is 0.126 e. The van der Waals surface area contributed by atoms with Crippen molar-refractivity contribution in [2.75, 3.05) is 13.7 Å². The summed E-state index contributed by atoms with van der Waals surface area (Å²) >= 11 is 0. The number of nitrogens with zero attached hydrogens (tertiary/aromatic N) is 2. The molecule has 4 heteroatoms. The van der Waals surface area contributed by atoms with Crippen LogP contribution in [-0.2, 0) is 6.54 Å². The number of aryl methyl sites for hydroxylation is 1. The number of rotatable bonds is 5. The molecule has 1 unspecified atom stereocenters. The van der Waals surface area contributed by atoms with Crippen molar-refractivity contribution in [3.05, 3.63) is 24.0 Å². The van der Waals surface area contributed by atoms with Crippen LogP contribution in [0.5, 0.6) is 5.75 Å². The van der Waals surface area contributed by atoms with Crippen LogP contribution in [0.15, 0.2) is 18.2 Å². The van der Waals surface area contributed by atoms with Gasteiger partial charge < -0.3 is 14.6 Å². The lowest BCUT2D eigenvalue weighted by Gasteiger charge is -2.13. The molecule has 1 aromatic carbocycles. The number of hydrogen-bond acceptors (Lipinski definition) is 3. The minimum absolute atomic E-state index is 0.258. The van der Waals surface area contributed by atoms with Crippen LogP contribution >= 0.6 is 0 Å². The largest absolute Gasteiger partial charge is 0.497 e. The van der Waals surface area contributed by atoms with E-state index in [2.05, 4.69) is 36.7 Å². The highest BCUT2D eigenvalue weighted by Crippen LogP contribution is 2.24. The van der Waals surface area contributed by atoms with Crippen LogP contribution in [0.25, 0.3) is 11.0 Å². The molecule has 2 aromatic rings. The number of aromatic nitrogens is 2. The van der Waals surface area contributed by atoms with Crippen LogP contribution in [0.1, 0.15) is 32.6 Å². The molecule has 0 radical (unpaired) electrons. The van der Waals surface area contributed by atoms with Crippen molar-refractivity contribution in [1.82, 2.24) is 14.9 Å². The van der Waals surface area contributed by atoms with Crippen molar-refractivity contribution >= 4 is 11.0 Å². The molecule has 0 saturated heterocycles. The maximum atomic E-state index is 5.25. The minimum atomic E-state index is 0.258. The minimum Gasteiger partial charge on any atom is -0.497 e. The fraction of sp³-hybridized carbons (Fsp3) is 0.500. The first kappa shape index (κ1) is 12.9. The van der Waals surface area contributed by atoms with Gasteiger partial charge in [0.2, 0.25) is 0 Å². The van der Waals surface area contributed by atoms with E-state index in [-0.39, 0.29) is 6.04 Å². The quantitative estimate of drug-likeness (QED) is 0.883. The van der Waals surface area contributed by atoms with Crippen LogP contribution in [0.2, 0.25) is 0 Å². The zero-order valence-corrected chi connectivity index (χ0v) is 11.5. The van der Waals surface area contributed by atoms with E-state index in [4.69, 9.17) is 9.72 Å². The Morgan fingerprint density at radius 3 is 2.78 bits per heavy atom. The lowest BCUT2D eigenvalue weighted by Crippen LogP contribution is -2.21. The highest BCUT2D eigenvalue weighted by molar-refractivity contribution is 5.78. The number of benzene rings is 1. The average Bonchev–Trinajstić information content (AvgIpc) is 2.76. The summed E-state index contributed by atoms with van der Waals surface area (Å²) < 4.78 is 7.50. The zero-order chi connectivity index (χ0) is 13.1. The van der Waals surface area contributed by atoms with E-state index in [1.807, 2.05) is 12.1 Å². The van der Waals surface area contributed by atoms with Crippen LogP contribution in [-0.4, -0.2) is 23.2 Å². The summed E-state index contributed by atoms with van der Waals surface area (Å²) in [7, 11) is 1.68. The third-order valence-corrected chi connectivity index (χ3v) is 3.20. The molecular weight excluding hydrogens is 226 g/mol. The van der Waals surface area contributed by atoms with Gasteiger partial charge in [-0.3, -0.25) is 0 Å². The van der Waals surface area contributed by atoms with Gasteiger partial charge in [-0.25, -0.2) is 4.98 Å². The van der Waals surface area contributed by atoms with Gasteiger partial charge in [0.15, 0.2) is 0 Å². The molecule has 0 aliphatic carbocycles. The van der Waals surface area contributed by atoms with Crippen molar-refractivity contribution in [3.63, 3.8) is 0 Å². The molecule has 0 saturated carbocycles. The van der Waals surface area contributed by atoms with E-state index < -0.39 is 0 Å². The Balaban J connectivity index is 2.52. The summed E-state index contributed by atoms with van der Waals surface area (Å²) in [6.45, 7) is 8.27. The van der Waals surface area contributed by atoms with E-state index >= 15 is 0 Å². The summed E-state index contributed by atoms with van der Waals surface area (Å²) in [4.78, 5) is 4.73. The Labute approximate surface area is 108 Å². The van der Waals surface area contributed by atoms with E-state index in [1.54, 1.807) is 7.11 Å². The van der Waals surface area contributed by atoms with E-state index in [1.165, 1.54) is 0 Å². The van der Waals surface area contributed by atoms with Gasteiger partial charge in [0.25, 0.3) is 0 Å². The van der Waals surface area contributed by atoms with E-state index in [0.717, 1.165) is 35.7 Å². The molecule has 98 valence electrons. The third-order valence-electron chi connectivity index (χ3n) is 3.20. The van der Waals surface area contributed by atoms with Gasteiger partial charge in [0.1, 0.15) is 11.6 Å². The Hall–Kier alpha value is -1.55. The second-order valence-corrected chi connectivity index (χ2v) is 4.35. The van der Waals surface area contributed by atoms with Gasteiger partial charge in [-0.1, -0.05) is 6.92 Å². The van der Waals surface area contributed by atoms with Crippen molar-refractivity contribution < 1.29 is 4.74 Å². The number of fused-ring (bicyclic) bond motifs is 1. The molecule has 18 heavy (non-hydrogen) atoms. The second-order valence-electron chi connectivity index (χ2n) is 4.35. The number of hydrogen-bond donors (Lipinski definition) is 1. The molecule has 1 atom stereocenters. The molecule has 1 N–H and O–H groups in total. The van der Waals surface area contributed by atoms with Gasteiger partial charge in [-0.2, -0.15) is 0 Å². The lowest BCUT2D eigenvalue weighted by molar-refractivity contribution is 0.415. The van der Waals surface area contributed by atoms with Gasteiger partial charge in [0, 0.05) is 12.6 Å². The van der Waals surface area contributed by atoms with Gasteiger partial charge in [-0.15, -0.1) is 0 Å². The van der Waals surface area contributed by atoms with Crippen LogP contribution in [0, 0.1) is 0 Å². The van der Waals surface area contributed by atoms with E-state index in [9.17, 15) is 0 Å². The second kappa shape index (κ2) is 5.40. The van der Waals surface area contributed by atoms with Gasteiger partial charge in [-0.05, 0) is 32.5 Å². The lowest BCUT2D eigenvalue weighted by atomic mass is 10.3. The number of ether oxygens (including phenoxy) is 1. The molecule has 1 heterocycles. The predicted molar refractivity (Wildman–Crippen MR) is 74.1 cm³/mol. The molecule has 4 nitrogen and oxygen atoms in total. The molecule has 2 rings (SSSR count). The molecule has 0 aliphatic heterocycles. The first-order chi connectivity index (χ1) is 8.71. The highest BCUT2D eigenvalue weighted by Gasteiger charge is 2.15. The van der Waals surface area contributed by atoms with Gasteiger partial charge >= 0.3 is 0 Å². The third kappa shape index (κ3) is 2.20. The summed E-state index contributed by atoms with van der Waals surface area (Å²) in [6, 6.07) is 6.31. The molecular formula is C14H21N3O. The number of methoxy groups -OCH3 is 1. The Kier molecular flexibility index (Phi) is 3.87. The SMILES string of the molecule is CCNC(C)c1nc2cc(OC)ccc2n1CC. The average molecular weight is 247 g/mol. The Morgan fingerprint density at radius 2 is 2.17 bits per heavy atom. The first-order valence-electron chi connectivity index (χ1n) is 6.48. The topological polar surface area (TPSA) is 39.1 Å². The zero-order valence-electron chi connectivity index (χ0n) is 11.5. The van der Waals surface area contributed by atoms with Crippen molar-refractivity contribution in [2.45, 2.75) is 33.4 Å². The molecule has 1 aromatic heterocycles. The smallest absolute Gasteiger partial charge is 0.126 e. The standard InChI is InChI=1S/C14H21N3O/c1-5-15-10(3)14-16-12-9-11(18-4)7-8-13(12)17(14)6-2/h7-10,15H,5-6H2,1-4H3. The molecule has 0 spiro atoms.